The molecule has 1 aromatic carbocycles. The van der Waals surface area contributed by atoms with Gasteiger partial charge in [0.05, 0.1) is 17.1 Å². The Morgan fingerprint density at radius 1 is 1.25 bits per heavy atom. The highest BCUT2D eigenvalue weighted by atomic mass is 19.1. The van der Waals surface area contributed by atoms with Crippen LogP contribution in [0, 0.1) is 15.9 Å². The molecule has 0 N–H and O–H groups in total. The molecule has 0 aliphatic heterocycles. The molecule has 0 radical (unpaired) electrons. The van der Waals surface area contributed by atoms with E-state index in [1.807, 2.05) is 0 Å². The summed E-state index contributed by atoms with van der Waals surface area (Å²) in [4.78, 5) is 10.3. The maximum absolute atomic E-state index is 13.2. The Bertz CT molecular complexity index is 484. The second-order valence-electron chi connectivity index (χ2n) is 4.63. The minimum absolute atomic E-state index is 0.0633. The standard InChI is InChI=1S/C13H16FNO5/c1-18-12-6-9(7-13(12)19-2)20-11-5-8(14)3-4-10(11)15(16)17/h3-5,9,12-13H,6-7H2,1-2H3/t9-,12+,13-. The third kappa shape index (κ3) is 3.05. The van der Waals surface area contributed by atoms with Crippen molar-refractivity contribution < 1.29 is 23.5 Å². The summed E-state index contributed by atoms with van der Waals surface area (Å²) in [7, 11) is 3.15. The van der Waals surface area contributed by atoms with Crippen molar-refractivity contribution >= 4 is 5.69 Å². The molecule has 0 unspecified atom stereocenters. The highest BCUT2D eigenvalue weighted by molar-refractivity contribution is 5.46. The Balaban J connectivity index is 2.14. The van der Waals surface area contributed by atoms with Crippen LogP contribution in [-0.4, -0.2) is 37.5 Å². The second kappa shape index (κ2) is 6.15. The van der Waals surface area contributed by atoms with Crippen molar-refractivity contribution in [2.75, 3.05) is 14.2 Å². The highest BCUT2D eigenvalue weighted by Crippen LogP contribution is 2.33. The largest absolute Gasteiger partial charge is 0.483 e. The zero-order valence-corrected chi connectivity index (χ0v) is 11.2. The molecule has 110 valence electrons. The first-order chi connectivity index (χ1) is 9.55. The van der Waals surface area contributed by atoms with E-state index in [1.54, 1.807) is 14.2 Å². The molecule has 20 heavy (non-hydrogen) atoms. The van der Waals surface area contributed by atoms with Crippen molar-refractivity contribution in [2.24, 2.45) is 0 Å². The Hall–Kier alpha value is -1.73. The van der Waals surface area contributed by atoms with Crippen LogP contribution >= 0.6 is 0 Å². The van der Waals surface area contributed by atoms with Crippen molar-refractivity contribution in [2.45, 2.75) is 31.2 Å². The van der Waals surface area contributed by atoms with Gasteiger partial charge in [-0.1, -0.05) is 0 Å². The van der Waals surface area contributed by atoms with Gasteiger partial charge in [0.1, 0.15) is 11.9 Å². The summed E-state index contributed by atoms with van der Waals surface area (Å²) in [6.07, 6.45) is 0.534. The van der Waals surface area contributed by atoms with Crippen LogP contribution in [0.15, 0.2) is 18.2 Å². The van der Waals surface area contributed by atoms with E-state index in [0.717, 1.165) is 18.2 Å². The van der Waals surface area contributed by atoms with Gasteiger partial charge in [0, 0.05) is 39.2 Å². The topological polar surface area (TPSA) is 70.8 Å². The molecule has 0 bridgehead atoms. The van der Waals surface area contributed by atoms with Crippen molar-refractivity contribution in [3.63, 3.8) is 0 Å². The number of nitro groups is 1. The molecule has 1 aromatic rings. The Morgan fingerprint density at radius 2 is 1.85 bits per heavy atom. The number of rotatable bonds is 5. The van der Waals surface area contributed by atoms with Gasteiger partial charge in [-0.05, 0) is 6.07 Å². The molecule has 0 spiro atoms. The van der Waals surface area contributed by atoms with Crippen LogP contribution in [0.5, 0.6) is 5.75 Å². The minimum atomic E-state index is -0.592. The van der Waals surface area contributed by atoms with E-state index in [0.29, 0.717) is 12.8 Å². The van der Waals surface area contributed by atoms with E-state index < -0.39 is 10.7 Å². The van der Waals surface area contributed by atoms with Gasteiger partial charge in [0.15, 0.2) is 5.75 Å². The number of nitro benzene ring substituents is 1. The molecule has 0 saturated heterocycles. The predicted octanol–water partition coefficient (Wildman–Crippen LogP) is 2.31. The van der Waals surface area contributed by atoms with Crippen LogP contribution in [0.25, 0.3) is 0 Å². The minimum Gasteiger partial charge on any atom is -0.483 e. The molecular weight excluding hydrogens is 269 g/mol. The van der Waals surface area contributed by atoms with Crippen molar-refractivity contribution in [1.82, 2.24) is 0 Å². The summed E-state index contributed by atoms with van der Waals surface area (Å²) in [5.74, 6) is -0.637. The first-order valence-corrected chi connectivity index (χ1v) is 6.21. The number of ether oxygens (including phenoxy) is 3. The molecule has 0 heterocycles. The van der Waals surface area contributed by atoms with Gasteiger partial charge in [-0.3, -0.25) is 10.1 Å². The third-order valence-corrected chi connectivity index (χ3v) is 3.42. The average molecular weight is 285 g/mol. The van der Waals surface area contributed by atoms with Gasteiger partial charge in [-0.25, -0.2) is 4.39 Å². The Labute approximate surface area is 115 Å². The highest BCUT2D eigenvalue weighted by Gasteiger charge is 2.36. The average Bonchev–Trinajstić information content (AvgIpc) is 2.80. The van der Waals surface area contributed by atoms with E-state index in [1.165, 1.54) is 0 Å². The van der Waals surface area contributed by atoms with Gasteiger partial charge in [-0.2, -0.15) is 0 Å². The summed E-state index contributed by atoms with van der Waals surface area (Å²) < 4.78 is 29.3. The molecule has 7 heteroatoms. The number of methoxy groups -OCH3 is 2. The van der Waals surface area contributed by atoms with Gasteiger partial charge in [0.2, 0.25) is 0 Å². The maximum atomic E-state index is 13.2. The van der Waals surface area contributed by atoms with Crippen LogP contribution in [0.3, 0.4) is 0 Å². The van der Waals surface area contributed by atoms with E-state index in [4.69, 9.17) is 14.2 Å². The van der Waals surface area contributed by atoms with Gasteiger partial charge < -0.3 is 14.2 Å². The van der Waals surface area contributed by atoms with E-state index in [2.05, 4.69) is 0 Å². The van der Waals surface area contributed by atoms with E-state index in [-0.39, 0.29) is 29.7 Å². The molecule has 6 nitrogen and oxygen atoms in total. The van der Waals surface area contributed by atoms with E-state index in [9.17, 15) is 14.5 Å². The fourth-order valence-corrected chi connectivity index (χ4v) is 2.42. The molecule has 1 saturated carbocycles. The SMILES string of the molecule is CO[C@H]1C[C@@H](Oc2cc(F)ccc2[N+](=O)[O-])C[C@H]1OC. The van der Waals surface area contributed by atoms with Crippen LogP contribution < -0.4 is 4.74 Å². The quantitative estimate of drug-likeness (QED) is 0.613. The third-order valence-electron chi connectivity index (χ3n) is 3.42. The summed E-state index contributed by atoms with van der Waals surface area (Å²) in [5, 5.41) is 10.9. The lowest BCUT2D eigenvalue weighted by molar-refractivity contribution is -0.386. The molecule has 1 aliphatic rings. The zero-order chi connectivity index (χ0) is 14.7. The Morgan fingerprint density at radius 3 is 2.35 bits per heavy atom. The van der Waals surface area contributed by atoms with Gasteiger partial charge >= 0.3 is 5.69 Å². The molecule has 0 amide bonds. The monoisotopic (exact) mass is 285 g/mol. The van der Waals surface area contributed by atoms with Crippen molar-refractivity contribution in [3.05, 3.63) is 34.1 Å². The summed E-state index contributed by atoms with van der Waals surface area (Å²) >= 11 is 0. The van der Waals surface area contributed by atoms with Gasteiger partial charge in [0.25, 0.3) is 0 Å². The number of benzene rings is 1. The maximum Gasteiger partial charge on any atom is 0.311 e. The number of hydrogen-bond acceptors (Lipinski definition) is 5. The van der Waals surface area contributed by atoms with E-state index >= 15 is 0 Å². The lowest BCUT2D eigenvalue weighted by Gasteiger charge is -2.14. The molecule has 3 atom stereocenters. The Kier molecular flexibility index (Phi) is 4.51. The predicted molar refractivity (Wildman–Crippen MR) is 68.3 cm³/mol. The molecule has 1 aliphatic carbocycles. The molecular formula is C13H16FNO5. The first kappa shape index (κ1) is 14.7. The molecule has 2 rings (SSSR count). The molecule has 0 aromatic heterocycles. The van der Waals surface area contributed by atoms with Crippen LogP contribution in [-0.2, 0) is 9.47 Å². The summed E-state index contributed by atoms with van der Waals surface area (Å²) in [5.41, 5.74) is -0.249. The molecule has 1 fully saturated rings. The van der Waals surface area contributed by atoms with Gasteiger partial charge in [-0.15, -0.1) is 0 Å². The zero-order valence-electron chi connectivity index (χ0n) is 11.2. The lowest BCUT2D eigenvalue weighted by Crippen LogP contribution is -2.23. The number of nitrogens with zero attached hydrogens (tertiary/aromatic N) is 1. The normalized spacial score (nSPS) is 25.6. The van der Waals surface area contributed by atoms with Crippen molar-refractivity contribution in [1.29, 1.82) is 0 Å². The van der Waals surface area contributed by atoms with Crippen LogP contribution in [0.4, 0.5) is 10.1 Å². The second-order valence-corrected chi connectivity index (χ2v) is 4.63. The fraction of sp³-hybridized carbons (Fsp3) is 0.538. The number of halogens is 1. The summed E-state index contributed by atoms with van der Waals surface area (Å²) in [6, 6.07) is 3.16. The smallest absolute Gasteiger partial charge is 0.311 e. The summed E-state index contributed by atoms with van der Waals surface area (Å²) in [6.45, 7) is 0. The fourth-order valence-electron chi connectivity index (χ4n) is 2.42. The first-order valence-electron chi connectivity index (χ1n) is 6.21. The van der Waals surface area contributed by atoms with Crippen LogP contribution in [0.1, 0.15) is 12.8 Å². The van der Waals surface area contributed by atoms with Crippen LogP contribution in [0.2, 0.25) is 0 Å². The van der Waals surface area contributed by atoms with Crippen molar-refractivity contribution in [3.8, 4) is 5.75 Å². The number of hydrogen-bond donors (Lipinski definition) is 0. The lowest BCUT2D eigenvalue weighted by atomic mass is 10.2.